The zero-order valence-electron chi connectivity index (χ0n) is 24.1. The zero-order valence-corrected chi connectivity index (χ0v) is 27.8. The van der Waals surface area contributed by atoms with Crippen molar-refractivity contribution in [2.45, 2.75) is 104 Å². The molecular formula is C28H48BF3NOP2Rh+. The van der Waals surface area contributed by atoms with E-state index in [-0.39, 0.29) is 40.7 Å². The third kappa shape index (κ3) is 11.1. The second-order valence-electron chi connectivity index (χ2n) is 13.1. The largest absolute Gasteiger partial charge is 0.672 e. The molecule has 1 aliphatic heterocycles. The van der Waals surface area contributed by atoms with E-state index < -0.39 is 23.3 Å². The Morgan fingerprint density at radius 3 is 1.65 bits per heavy atom. The van der Waals surface area contributed by atoms with Crippen LogP contribution in [-0.2, 0) is 23.9 Å². The van der Waals surface area contributed by atoms with Crippen LogP contribution in [0.1, 0.15) is 88.0 Å². The van der Waals surface area contributed by atoms with Crippen molar-refractivity contribution in [2.75, 3.05) is 11.4 Å². The van der Waals surface area contributed by atoms with Crippen LogP contribution >= 0.6 is 16.1 Å². The molecule has 3 rings (SSSR count). The van der Waals surface area contributed by atoms with Gasteiger partial charge in [0.15, 0.2) is 8.15 Å². The Hall–Kier alpha value is -0.202. The van der Waals surface area contributed by atoms with Crippen molar-refractivity contribution < 1.29 is 36.9 Å². The van der Waals surface area contributed by atoms with E-state index in [1.807, 2.05) is 24.3 Å². The molecule has 0 N–H and O–H groups in total. The molecule has 1 aliphatic carbocycles. The van der Waals surface area contributed by atoms with Gasteiger partial charge in [0.2, 0.25) is 0 Å². The first kappa shape index (κ1) is 34.8. The van der Waals surface area contributed by atoms with E-state index in [2.05, 4.69) is 91.5 Å². The van der Waals surface area contributed by atoms with Crippen LogP contribution in [0, 0.1) is 5.41 Å². The quantitative estimate of drug-likeness (QED) is 0.184. The molecule has 0 bridgehead atoms. The van der Waals surface area contributed by atoms with Crippen LogP contribution in [0.2, 0.25) is 0 Å². The fourth-order valence-corrected chi connectivity index (χ4v) is 16.3. The van der Waals surface area contributed by atoms with Crippen LogP contribution in [0.4, 0.5) is 18.6 Å². The monoisotopic (exact) mass is 647 g/mol. The number of nitrogens with zero attached hydrogens (tertiary/aromatic N) is 1. The Labute approximate surface area is 239 Å². The second kappa shape index (κ2) is 13.9. The predicted octanol–water partition coefficient (Wildman–Crippen LogP) is 9.43. The first-order valence-corrected chi connectivity index (χ1v) is 16.3. The number of benzene rings is 1. The predicted molar refractivity (Wildman–Crippen MR) is 160 cm³/mol. The van der Waals surface area contributed by atoms with E-state index in [0.29, 0.717) is 0 Å². The third-order valence-corrected chi connectivity index (χ3v) is 14.2. The number of rotatable bonds is 4. The van der Waals surface area contributed by atoms with Crippen LogP contribution in [-0.4, -0.2) is 29.6 Å². The summed E-state index contributed by atoms with van der Waals surface area (Å²) in [5.74, 6) is 0. The third-order valence-electron chi connectivity index (χ3n) is 6.17. The van der Waals surface area contributed by atoms with Crippen LogP contribution < -0.4 is 10.2 Å². The van der Waals surface area contributed by atoms with Crippen molar-refractivity contribution in [1.29, 1.82) is 0 Å². The summed E-state index contributed by atoms with van der Waals surface area (Å²) in [6.45, 7) is 20.3. The molecule has 1 radical (unpaired) electrons. The molecule has 37 heavy (non-hydrogen) atoms. The van der Waals surface area contributed by atoms with Gasteiger partial charge in [-0.15, -0.1) is 0 Å². The molecule has 9 heteroatoms. The van der Waals surface area contributed by atoms with Gasteiger partial charge in [-0.2, -0.15) is 0 Å². The van der Waals surface area contributed by atoms with Gasteiger partial charge in [0.05, 0.1) is 23.9 Å². The molecule has 2 nitrogen and oxygen atoms in total. The van der Waals surface area contributed by atoms with Gasteiger partial charge in [-0.25, -0.2) is 0 Å². The standard InChI is InChI=1S/C20H34BF3NOP2.C8H12.Rh/c1-18(2,3)14-25-15-12-10-11-13-16(15)27(26-21(22,23)24)17(25)28(19(4,5)6)20(7,8)9;1-2-4-6-8-7-5-3-1;/h10-13,17H,14H2,1-9H3;1-2,7-8H,3-6H2;/q-1;;/p+2/b;2-1-,8-7-;/t17-,27?;;/m1../s1. The molecule has 2 atom stereocenters. The number of para-hydroxylation sites is 1. The summed E-state index contributed by atoms with van der Waals surface area (Å²) >= 11 is 0. The summed E-state index contributed by atoms with van der Waals surface area (Å²) in [5.41, 5.74) is 0.719. The van der Waals surface area contributed by atoms with Crippen molar-refractivity contribution in [1.82, 2.24) is 0 Å². The van der Waals surface area contributed by atoms with Crippen molar-refractivity contribution in [3.05, 3.63) is 48.6 Å². The molecule has 2 aliphatic rings. The summed E-state index contributed by atoms with van der Waals surface area (Å²) < 4.78 is 45.7. The summed E-state index contributed by atoms with van der Waals surface area (Å²) in [4.78, 5) is 2.27. The van der Waals surface area contributed by atoms with E-state index >= 15 is 0 Å². The van der Waals surface area contributed by atoms with Gasteiger partial charge >= 0.3 is 7.18 Å². The van der Waals surface area contributed by atoms with Gasteiger partial charge in [0, 0.05) is 26.0 Å². The Morgan fingerprint density at radius 1 is 0.838 bits per heavy atom. The van der Waals surface area contributed by atoms with Crippen molar-refractivity contribution in [3.63, 3.8) is 0 Å². The molecule has 1 heterocycles. The van der Waals surface area contributed by atoms with Gasteiger partial charge in [-0.3, -0.25) is 0 Å². The van der Waals surface area contributed by atoms with E-state index in [1.165, 1.54) is 25.7 Å². The molecule has 1 aromatic carbocycles. The SMILES string of the molecule is C1=C\CC/C=C\CC/1.CC(C)(C)CN1c2ccccc2[PH+](O[B-](F)(F)F)[C@@H]1[PH+](C(C)(C)C)C(C)(C)C.[Rh]. The van der Waals surface area contributed by atoms with E-state index in [0.717, 1.165) is 17.5 Å². The Balaban J connectivity index is 0.000000647. The fraction of sp³-hybridized carbons (Fsp3) is 0.643. The smallest absolute Gasteiger partial charge is 0.420 e. The fourth-order valence-electron chi connectivity index (χ4n) is 5.41. The van der Waals surface area contributed by atoms with Crippen molar-refractivity contribution >= 4 is 34.2 Å². The Bertz CT molecular complexity index is 821. The van der Waals surface area contributed by atoms with Crippen LogP contribution in [0.3, 0.4) is 0 Å². The van der Waals surface area contributed by atoms with Gasteiger partial charge in [-0.05, 0) is 84.8 Å². The molecule has 0 aromatic heterocycles. The zero-order chi connectivity index (χ0) is 27.4. The Kier molecular flexibility index (Phi) is 13.1. The number of hydrogen-bond acceptors (Lipinski definition) is 2. The van der Waals surface area contributed by atoms with Crippen molar-refractivity contribution in [2.24, 2.45) is 5.41 Å². The maximum absolute atomic E-state index is 13.6. The summed E-state index contributed by atoms with van der Waals surface area (Å²) in [6.07, 6.45) is 14.0. The number of hydrogen-bond donors (Lipinski definition) is 0. The van der Waals surface area contributed by atoms with Crippen molar-refractivity contribution in [3.8, 4) is 0 Å². The van der Waals surface area contributed by atoms with E-state index in [4.69, 9.17) is 4.44 Å². The average molecular weight is 647 g/mol. The molecule has 0 spiro atoms. The van der Waals surface area contributed by atoms with E-state index in [9.17, 15) is 12.9 Å². The second-order valence-corrected chi connectivity index (χ2v) is 20.1. The van der Waals surface area contributed by atoms with Crippen LogP contribution in [0.25, 0.3) is 0 Å². The molecule has 0 saturated carbocycles. The molecule has 1 unspecified atom stereocenters. The summed E-state index contributed by atoms with van der Waals surface area (Å²) in [6, 6.07) is 7.60. The minimum Gasteiger partial charge on any atom is -0.420 e. The molecule has 0 saturated heterocycles. The summed E-state index contributed by atoms with van der Waals surface area (Å²) in [7, 11) is -8.89. The minimum atomic E-state index is -5.31. The molecule has 213 valence electrons. The maximum Gasteiger partial charge on any atom is 0.672 e. The van der Waals surface area contributed by atoms with Gasteiger partial charge in [0.1, 0.15) is 5.30 Å². The van der Waals surface area contributed by atoms with Gasteiger partial charge < -0.3 is 22.3 Å². The number of allylic oxidation sites excluding steroid dienone is 4. The van der Waals surface area contributed by atoms with Gasteiger partial charge in [-0.1, -0.05) is 57.2 Å². The Morgan fingerprint density at radius 2 is 1.27 bits per heavy atom. The molecule has 1 aromatic rings. The van der Waals surface area contributed by atoms with E-state index in [1.54, 1.807) is 0 Å². The number of halogens is 3. The molecule has 0 amide bonds. The maximum atomic E-state index is 13.6. The topological polar surface area (TPSA) is 12.5 Å². The molecular weight excluding hydrogens is 599 g/mol. The first-order valence-electron chi connectivity index (χ1n) is 13.2. The average Bonchev–Trinajstić information content (AvgIpc) is 2.90. The molecule has 0 fully saturated rings. The number of anilines is 1. The normalized spacial score (nSPS) is 22.2. The van der Waals surface area contributed by atoms with Crippen LogP contribution in [0.5, 0.6) is 0 Å². The summed E-state index contributed by atoms with van der Waals surface area (Å²) in [5, 5.41) is 0.643. The minimum absolute atomic E-state index is 0. The van der Waals surface area contributed by atoms with Crippen LogP contribution in [0.15, 0.2) is 48.6 Å². The van der Waals surface area contributed by atoms with Gasteiger partial charge in [0.25, 0.3) is 5.52 Å². The first-order chi connectivity index (χ1) is 16.4. The number of fused-ring (bicyclic) bond motifs is 1.